The topological polar surface area (TPSA) is 38.0 Å². The second-order valence-corrected chi connectivity index (χ2v) is 4.46. The number of rotatable bonds is 4. The first-order valence-electron chi connectivity index (χ1n) is 6.08. The van der Waals surface area contributed by atoms with Crippen LogP contribution < -0.4 is 0 Å². The molecule has 1 unspecified atom stereocenters. The summed E-state index contributed by atoms with van der Waals surface area (Å²) in [5.41, 5.74) is 1.74. The molecular weight excluding hydrogens is 231 g/mol. The Morgan fingerprint density at radius 1 is 1.44 bits per heavy atom. The first kappa shape index (κ1) is 12.8. The SMILES string of the molecule is CCCn1cc(C(O)c2ccc(C)cc2F)cn1. The van der Waals surface area contributed by atoms with Crippen LogP contribution in [-0.2, 0) is 6.54 Å². The third-order valence-electron chi connectivity index (χ3n) is 2.87. The van der Waals surface area contributed by atoms with Crippen molar-refractivity contribution in [3.63, 3.8) is 0 Å². The quantitative estimate of drug-likeness (QED) is 0.903. The highest BCUT2D eigenvalue weighted by Gasteiger charge is 2.16. The van der Waals surface area contributed by atoms with E-state index in [1.54, 1.807) is 29.2 Å². The fourth-order valence-electron chi connectivity index (χ4n) is 1.91. The third kappa shape index (κ3) is 2.59. The van der Waals surface area contributed by atoms with E-state index in [1.165, 1.54) is 6.07 Å². The summed E-state index contributed by atoms with van der Waals surface area (Å²) < 4.78 is 15.5. The zero-order valence-electron chi connectivity index (χ0n) is 10.6. The molecule has 4 heteroatoms. The van der Waals surface area contributed by atoms with Crippen LogP contribution in [0.2, 0.25) is 0 Å². The summed E-state index contributed by atoms with van der Waals surface area (Å²) in [4.78, 5) is 0. The summed E-state index contributed by atoms with van der Waals surface area (Å²) >= 11 is 0. The Balaban J connectivity index is 2.26. The van der Waals surface area contributed by atoms with Gasteiger partial charge in [0, 0.05) is 23.9 Å². The first-order valence-corrected chi connectivity index (χ1v) is 6.08. The van der Waals surface area contributed by atoms with E-state index in [0.717, 1.165) is 18.5 Å². The molecule has 0 aliphatic carbocycles. The second kappa shape index (κ2) is 5.31. The van der Waals surface area contributed by atoms with Crippen LogP contribution in [0, 0.1) is 12.7 Å². The number of aliphatic hydroxyl groups is 1. The minimum atomic E-state index is -0.962. The van der Waals surface area contributed by atoms with E-state index in [1.807, 2.05) is 6.92 Å². The van der Waals surface area contributed by atoms with Gasteiger partial charge in [-0.25, -0.2) is 4.39 Å². The Morgan fingerprint density at radius 2 is 2.22 bits per heavy atom. The molecule has 2 aromatic rings. The molecule has 1 atom stereocenters. The zero-order valence-corrected chi connectivity index (χ0v) is 10.6. The minimum absolute atomic E-state index is 0.289. The number of nitrogens with zero attached hydrogens (tertiary/aromatic N) is 2. The average Bonchev–Trinajstić information content (AvgIpc) is 2.77. The van der Waals surface area contributed by atoms with Gasteiger partial charge in [0.2, 0.25) is 0 Å². The van der Waals surface area contributed by atoms with Gasteiger partial charge in [0.1, 0.15) is 11.9 Å². The second-order valence-electron chi connectivity index (χ2n) is 4.46. The predicted octanol–water partition coefficient (Wildman–Crippen LogP) is 2.82. The van der Waals surface area contributed by atoms with Crippen molar-refractivity contribution in [3.05, 3.63) is 53.1 Å². The zero-order chi connectivity index (χ0) is 13.1. The fourth-order valence-corrected chi connectivity index (χ4v) is 1.91. The molecule has 0 aliphatic heterocycles. The number of aromatic nitrogens is 2. The van der Waals surface area contributed by atoms with Gasteiger partial charge in [0.25, 0.3) is 0 Å². The molecular formula is C14H17FN2O. The van der Waals surface area contributed by atoms with Gasteiger partial charge in [0.05, 0.1) is 6.20 Å². The van der Waals surface area contributed by atoms with Crippen molar-refractivity contribution in [1.29, 1.82) is 0 Å². The molecule has 0 saturated carbocycles. The van der Waals surface area contributed by atoms with Crippen molar-refractivity contribution in [1.82, 2.24) is 9.78 Å². The summed E-state index contributed by atoms with van der Waals surface area (Å²) in [6, 6.07) is 4.83. The number of aliphatic hydroxyl groups excluding tert-OH is 1. The van der Waals surface area contributed by atoms with E-state index in [4.69, 9.17) is 0 Å². The summed E-state index contributed by atoms with van der Waals surface area (Å²) in [6.45, 7) is 4.67. The van der Waals surface area contributed by atoms with Crippen LogP contribution in [0.5, 0.6) is 0 Å². The Labute approximate surface area is 106 Å². The molecule has 0 aliphatic rings. The highest BCUT2D eigenvalue weighted by molar-refractivity contribution is 5.30. The molecule has 1 aromatic heterocycles. The Kier molecular flexibility index (Phi) is 3.77. The van der Waals surface area contributed by atoms with Gasteiger partial charge in [-0.15, -0.1) is 0 Å². The molecule has 0 fully saturated rings. The number of hydrogen-bond donors (Lipinski definition) is 1. The van der Waals surface area contributed by atoms with E-state index in [0.29, 0.717) is 5.56 Å². The molecule has 96 valence electrons. The summed E-state index contributed by atoms with van der Waals surface area (Å²) in [6.07, 6.45) is 3.35. The van der Waals surface area contributed by atoms with E-state index < -0.39 is 6.10 Å². The van der Waals surface area contributed by atoms with Gasteiger partial charge in [-0.2, -0.15) is 5.10 Å². The third-order valence-corrected chi connectivity index (χ3v) is 2.87. The summed E-state index contributed by atoms with van der Waals surface area (Å²) in [7, 11) is 0. The lowest BCUT2D eigenvalue weighted by Crippen LogP contribution is -2.02. The summed E-state index contributed by atoms with van der Waals surface area (Å²) in [5.74, 6) is -0.384. The molecule has 0 bridgehead atoms. The monoisotopic (exact) mass is 248 g/mol. The summed E-state index contributed by atoms with van der Waals surface area (Å²) in [5, 5.41) is 14.3. The number of halogens is 1. The van der Waals surface area contributed by atoms with E-state index in [-0.39, 0.29) is 11.4 Å². The van der Waals surface area contributed by atoms with Crippen LogP contribution in [0.4, 0.5) is 4.39 Å². The molecule has 0 spiro atoms. The van der Waals surface area contributed by atoms with Gasteiger partial charge in [-0.05, 0) is 25.0 Å². The lowest BCUT2D eigenvalue weighted by molar-refractivity contribution is 0.215. The normalized spacial score (nSPS) is 12.7. The highest BCUT2D eigenvalue weighted by atomic mass is 19.1. The Hall–Kier alpha value is -1.68. The molecule has 1 N–H and O–H groups in total. The molecule has 0 saturated heterocycles. The van der Waals surface area contributed by atoms with Crippen molar-refractivity contribution in [2.24, 2.45) is 0 Å². The lowest BCUT2D eigenvalue weighted by Gasteiger charge is -2.10. The van der Waals surface area contributed by atoms with Crippen LogP contribution >= 0.6 is 0 Å². The number of benzene rings is 1. The molecule has 0 radical (unpaired) electrons. The maximum atomic E-state index is 13.8. The smallest absolute Gasteiger partial charge is 0.129 e. The van der Waals surface area contributed by atoms with E-state index in [2.05, 4.69) is 12.0 Å². The van der Waals surface area contributed by atoms with Gasteiger partial charge >= 0.3 is 0 Å². The van der Waals surface area contributed by atoms with Crippen LogP contribution in [0.15, 0.2) is 30.6 Å². The van der Waals surface area contributed by atoms with Crippen LogP contribution in [-0.4, -0.2) is 14.9 Å². The number of aryl methyl sites for hydroxylation is 2. The van der Waals surface area contributed by atoms with Crippen LogP contribution in [0.1, 0.15) is 36.1 Å². The van der Waals surface area contributed by atoms with Crippen molar-refractivity contribution in [2.75, 3.05) is 0 Å². The maximum absolute atomic E-state index is 13.8. The number of hydrogen-bond acceptors (Lipinski definition) is 2. The highest BCUT2D eigenvalue weighted by Crippen LogP contribution is 2.24. The Morgan fingerprint density at radius 3 is 2.89 bits per heavy atom. The minimum Gasteiger partial charge on any atom is -0.383 e. The Bertz CT molecular complexity index is 536. The maximum Gasteiger partial charge on any atom is 0.129 e. The lowest BCUT2D eigenvalue weighted by atomic mass is 10.0. The molecule has 1 aromatic carbocycles. The fraction of sp³-hybridized carbons (Fsp3) is 0.357. The van der Waals surface area contributed by atoms with Gasteiger partial charge in [0.15, 0.2) is 0 Å². The van der Waals surface area contributed by atoms with Gasteiger partial charge in [-0.3, -0.25) is 4.68 Å². The van der Waals surface area contributed by atoms with Crippen molar-refractivity contribution in [3.8, 4) is 0 Å². The standard InChI is InChI=1S/C14H17FN2O/c1-3-6-17-9-11(8-16-17)14(18)12-5-4-10(2)7-13(12)15/h4-5,7-9,14,18H,3,6H2,1-2H3. The molecule has 1 heterocycles. The molecule has 18 heavy (non-hydrogen) atoms. The molecule has 2 rings (SSSR count). The van der Waals surface area contributed by atoms with Crippen molar-refractivity contribution < 1.29 is 9.50 Å². The average molecular weight is 248 g/mol. The van der Waals surface area contributed by atoms with Crippen LogP contribution in [0.25, 0.3) is 0 Å². The van der Waals surface area contributed by atoms with Crippen molar-refractivity contribution >= 4 is 0 Å². The molecule has 0 amide bonds. The molecule has 3 nitrogen and oxygen atoms in total. The van der Waals surface area contributed by atoms with Crippen molar-refractivity contribution in [2.45, 2.75) is 32.9 Å². The predicted molar refractivity (Wildman–Crippen MR) is 67.7 cm³/mol. The van der Waals surface area contributed by atoms with Crippen LogP contribution in [0.3, 0.4) is 0 Å². The van der Waals surface area contributed by atoms with Gasteiger partial charge in [-0.1, -0.05) is 19.1 Å². The van der Waals surface area contributed by atoms with E-state index in [9.17, 15) is 9.50 Å². The van der Waals surface area contributed by atoms with E-state index >= 15 is 0 Å². The largest absolute Gasteiger partial charge is 0.383 e. The first-order chi connectivity index (χ1) is 8.61. The van der Waals surface area contributed by atoms with Gasteiger partial charge < -0.3 is 5.11 Å².